The quantitative estimate of drug-likeness (QED) is 0.903. The van der Waals surface area contributed by atoms with Gasteiger partial charge in [-0.1, -0.05) is 25.1 Å². The molecule has 0 aliphatic heterocycles. The Morgan fingerprint density at radius 2 is 2.10 bits per heavy atom. The average Bonchev–Trinajstić information content (AvgIpc) is 2.41. The molecule has 3 rings (SSSR count). The van der Waals surface area contributed by atoms with Crippen molar-refractivity contribution in [1.29, 1.82) is 0 Å². The molecule has 20 heavy (non-hydrogen) atoms. The summed E-state index contributed by atoms with van der Waals surface area (Å²) in [5.41, 5.74) is 2.02. The molecule has 1 aromatic carbocycles. The fourth-order valence-electron chi connectivity index (χ4n) is 2.67. The molecule has 1 aromatic heterocycles. The molecule has 1 heterocycles. The van der Waals surface area contributed by atoms with E-state index in [4.69, 9.17) is 4.74 Å². The zero-order chi connectivity index (χ0) is 13.9. The topological polar surface area (TPSA) is 34.1 Å². The van der Waals surface area contributed by atoms with Gasteiger partial charge in [0.25, 0.3) is 0 Å². The predicted octanol–water partition coefficient (Wildman–Crippen LogP) is 3.45. The van der Waals surface area contributed by atoms with Crippen molar-refractivity contribution < 1.29 is 4.74 Å². The molecule has 0 amide bonds. The summed E-state index contributed by atoms with van der Waals surface area (Å²) >= 11 is 0. The van der Waals surface area contributed by atoms with Crippen LogP contribution in [0.25, 0.3) is 10.9 Å². The highest BCUT2D eigenvalue weighted by molar-refractivity contribution is 5.84. The predicted molar refractivity (Wildman–Crippen MR) is 82.2 cm³/mol. The molecular weight excluding hydrogens is 248 g/mol. The first kappa shape index (κ1) is 13.4. The summed E-state index contributed by atoms with van der Waals surface area (Å²) in [5.74, 6) is 0.921. The molecule has 2 aromatic rings. The van der Waals surface area contributed by atoms with Crippen LogP contribution in [0.1, 0.15) is 31.9 Å². The van der Waals surface area contributed by atoms with Crippen LogP contribution in [0.5, 0.6) is 5.75 Å². The largest absolute Gasteiger partial charge is 0.488 e. The molecule has 1 aliphatic carbocycles. The summed E-state index contributed by atoms with van der Waals surface area (Å²) in [6, 6.07) is 10.9. The van der Waals surface area contributed by atoms with E-state index >= 15 is 0 Å². The minimum absolute atomic E-state index is 0.331. The van der Waals surface area contributed by atoms with E-state index in [0.29, 0.717) is 12.1 Å². The van der Waals surface area contributed by atoms with Crippen LogP contribution in [0.3, 0.4) is 0 Å². The van der Waals surface area contributed by atoms with Crippen LogP contribution >= 0.6 is 0 Å². The summed E-state index contributed by atoms with van der Waals surface area (Å²) < 4.78 is 6.13. The molecule has 1 fully saturated rings. The third-order valence-electron chi connectivity index (χ3n) is 3.89. The summed E-state index contributed by atoms with van der Waals surface area (Å²) in [5, 5.41) is 4.68. The van der Waals surface area contributed by atoms with E-state index in [1.54, 1.807) is 0 Å². The second-order valence-corrected chi connectivity index (χ2v) is 5.64. The van der Waals surface area contributed by atoms with Crippen molar-refractivity contribution in [2.75, 3.05) is 6.54 Å². The molecule has 0 spiro atoms. The molecule has 0 atom stereocenters. The normalized spacial score (nSPS) is 21.7. The van der Waals surface area contributed by atoms with Crippen LogP contribution in [-0.2, 0) is 0 Å². The first-order valence-corrected chi connectivity index (χ1v) is 7.52. The number of nitrogens with zero attached hydrogens (tertiary/aromatic N) is 1. The molecule has 1 N–H and O–H groups in total. The van der Waals surface area contributed by atoms with Gasteiger partial charge in [0.1, 0.15) is 17.4 Å². The monoisotopic (exact) mass is 270 g/mol. The lowest BCUT2D eigenvalue weighted by Crippen LogP contribution is -2.47. The Balaban J connectivity index is 1.68. The molecule has 106 valence electrons. The zero-order valence-electron chi connectivity index (χ0n) is 12.2. The van der Waals surface area contributed by atoms with E-state index in [-0.39, 0.29) is 0 Å². The zero-order valence-corrected chi connectivity index (χ0v) is 12.2. The van der Waals surface area contributed by atoms with Crippen LogP contribution < -0.4 is 10.1 Å². The first-order valence-electron chi connectivity index (χ1n) is 7.52. The number of benzene rings is 1. The third-order valence-corrected chi connectivity index (χ3v) is 3.89. The van der Waals surface area contributed by atoms with Gasteiger partial charge >= 0.3 is 0 Å². The van der Waals surface area contributed by atoms with Crippen LogP contribution in [-0.4, -0.2) is 23.7 Å². The number of aryl methyl sites for hydroxylation is 1. The van der Waals surface area contributed by atoms with Crippen LogP contribution in [0, 0.1) is 6.92 Å². The number of para-hydroxylation sites is 1. The average molecular weight is 270 g/mol. The Hall–Kier alpha value is -1.61. The minimum Gasteiger partial charge on any atom is -0.488 e. The fraction of sp³-hybridized carbons (Fsp3) is 0.471. The molecule has 1 saturated carbocycles. The van der Waals surface area contributed by atoms with Gasteiger partial charge in [0, 0.05) is 17.1 Å². The van der Waals surface area contributed by atoms with Gasteiger partial charge in [-0.3, -0.25) is 0 Å². The maximum Gasteiger partial charge on any atom is 0.145 e. The van der Waals surface area contributed by atoms with Gasteiger partial charge in [-0.25, -0.2) is 4.98 Å². The molecule has 0 saturated heterocycles. The van der Waals surface area contributed by atoms with E-state index < -0.39 is 0 Å². The lowest BCUT2D eigenvalue weighted by Gasteiger charge is -2.36. The van der Waals surface area contributed by atoms with Crippen LogP contribution in [0.15, 0.2) is 30.3 Å². The molecule has 3 heteroatoms. The maximum absolute atomic E-state index is 6.13. The molecule has 3 nitrogen and oxygen atoms in total. The highest BCUT2D eigenvalue weighted by atomic mass is 16.5. The number of hydrogen-bond acceptors (Lipinski definition) is 3. The van der Waals surface area contributed by atoms with Gasteiger partial charge in [-0.05, 0) is 44.9 Å². The summed E-state index contributed by atoms with van der Waals surface area (Å²) in [6.45, 7) is 5.32. The number of hydrogen-bond donors (Lipinski definition) is 1. The smallest absolute Gasteiger partial charge is 0.145 e. The number of nitrogens with one attached hydrogen (secondary N) is 1. The Morgan fingerprint density at radius 1 is 1.25 bits per heavy atom. The minimum atomic E-state index is 0.331. The maximum atomic E-state index is 6.13. The molecule has 0 bridgehead atoms. The number of pyridine rings is 1. The van der Waals surface area contributed by atoms with Gasteiger partial charge in [0.15, 0.2) is 0 Å². The van der Waals surface area contributed by atoms with E-state index in [1.165, 1.54) is 6.42 Å². The fourth-order valence-corrected chi connectivity index (χ4v) is 2.67. The van der Waals surface area contributed by atoms with Gasteiger partial charge in [-0.15, -0.1) is 0 Å². The van der Waals surface area contributed by atoms with Crippen molar-refractivity contribution in [2.24, 2.45) is 0 Å². The highest BCUT2D eigenvalue weighted by Crippen LogP contribution is 2.30. The summed E-state index contributed by atoms with van der Waals surface area (Å²) in [4.78, 5) is 4.62. The standard InChI is InChI=1S/C17H22N2O/c1-3-9-18-14-10-15(11-14)20-16-6-4-5-13-8-7-12(2)19-17(13)16/h4-8,14-15,18H,3,9-11H2,1-2H3. The number of aromatic nitrogens is 1. The van der Waals surface area contributed by atoms with Crippen molar-refractivity contribution in [3.05, 3.63) is 36.0 Å². The van der Waals surface area contributed by atoms with Crippen LogP contribution in [0.4, 0.5) is 0 Å². The summed E-state index contributed by atoms with van der Waals surface area (Å²) in [6.07, 6.45) is 3.72. The second kappa shape index (κ2) is 5.80. The third kappa shape index (κ3) is 2.78. The first-order chi connectivity index (χ1) is 9.76. The van der Waals surface area contributed by atoms with E-state index in [9.17, 15) is 0 Å². The number of ether oxygens (including phenoxy) is 1. The van der Waals surface area contributed by atoms with E-state index in [1.807, 2.05) is 25.1 Å². The van der Waals surface area contributed by atoms with Gasteiger partial charge < -0.3 is 10.1 Å². The van der Waals surface area contributed by atoms with Crippen molar-refractivity contribution in [3.8, 4) is 5.75 Å². The lowest BCUT2D eigenvalue weighted by molar-refractivity contribution is 0.0865. The second-order valence-electron chi connectivity index (χ2n) is 5.64. The van der Waals surface area contributed by atoms with Crippen LogP contribution in [0.2, 0.25) is 0 Å². The molecule has 0 radical (unpaired) electrons. The van der Waals surface area contributed by atoms with Crippen molar-refractivity contribution >= 4 is 10.9 Å². The Morgan fingerprint density at radius 3 is 2.90 bits per heavy atom. The van der Waals surface area contributed by atoms with Crippen molar-refractivity contribution in [2.45, 2.75) is 45.3 Å². The number of fused-ring (bicyclic) bond motifs is 1. The van der Waals surface area contributed by atoms with Crippen molar-refractivity contribution in [3.63, 3.8) is 0 Å². The lowest BCUT2D eigenvalue weighted by atomic mass is 9.89. The Bertz CT molecular complexity index is 591. The van der Waals surface area contributed by atoms with Crippen molar-refractivity contribution in [1.82, 2.24) is 10.3 Å². The summed E-state index contributed by atoms with van der Waals surface area (Å²) in [7, 11) is 0. The SMILES string of the molecule is CCCNC1CC(Oc2cccc3ccc(C)nc23)C1. The Labute approximate surface area is 120 Å². The molecule has 1 aliphatic rings. The number of rotatable bonds is 5. The van der Waals surface area contributed by atoms with Gasteiger partial charge in [0.2, 0.25) is 0 Å². The van der Waals surface area contributed by atoms with E-state index in [2.05, 4.69) is 29.4 Å². The molecule has 0 unspecified atom stereocenters. The van der Waals surface area contributed by atoms with Gasteiger partial charge in [0.05, 0.1) is 0 Å². The van der Waals surface area contributed by atoms with Gasteiger partial charge in [-0.2, -0.15) is 0 Å². The molecular formula is C17H22N2O. The van der Waals surface area contributed by atoms with E-state index in [0.717, 1.165) is 41.7 Å². The highest BCUT2D eigenvalue weighted by Gasteiger charge is 2.30. The Kier molecular flexibility index (Phi) is 3.88.